The van der Waals surface area contributed by atoms with Gasteiger partial charge in [0.25, 0.3) is 0 Å². The van der Waals surface area contributed by atoms with Crippen molar-refractivity contribution in [3.63, 3.8) is 0 Å². The number of halogens is 1. The highest BCUT2D eigenvalue weighted by Crippen LogP contribution is 2.26. The number of hydrogen-bond acceptors (Lipinski definition) is 3. The van der Waals surface area contributed by atoms with Crippen LogP contribution in [0.1, 0.15) is 11.1 Å². The first kappa shape index (κ1) is 17.4. The Hall–Kier alpha value is -3.47. The molecule has 5 heteroatoms. The van der Waals surface area contributed by atoms with E-state index in [1.54, 1.807) is 48.8 Å². The number of anilines is 1. The van der Waals surface area contributed by atoms with Crippen LogP contribution in [-0.2, 0) is 4.79 Å². The van der Waals surface area contributed by atoms with Crippen molar-refractivity contribution in [3.05, 3.63) is 90.0 Å². The molecular formula is C21H17FN2O2. The Kier molecular flexibility index (Phi) is 5.39. The van der Waals surface area contributed by atoms with Gasteiger partial charge in [-0.3, -0.25) is 9.78 Å². The first-order valence-electron chi connectivity index (χ1n) is 8.03. The van der Waals surface area contributed by atoms with Crippen LogP contribution in [0.4, 0.5) is 10.1 Å². The van der Waals surface area contributed by atoms with Crippen LogP contribution in [0, 0.1) is 12.7 Å². The summed E-state index contributed by atoms with van der Waals surface area (Å²) >= 11 is 0. The number of hydrogen-bond donors (Lipinski definition) is 1. The lowest BCUT2D eigenvalue weighted by Crippen LogP contribution is -2.07. The number of aromatic nitrogens is 1. The molecule has 26 heavy (non-hydrogen) atoms. The Balaban J connectivity index is 1.64. The van der Waals surface area contributed by atoms with E-state index in [1.807, 2.05) is 19.1 Å². The van der Waals surface area contributed by atoms with Crippen molar-refractivity contribution in [1.29, 1.82) is 0 Å². The number of nitrogens with zero attached hydrogens (tertiary/aromatic N) is 1. The van der Waals surface area contributed by atoms with Crippen LogP contribution in [0.5, 0.6) is 11.5 Å². The molecule has 0 saturated carbocycles. The first-order valence-corrected chi connectivity index (χ1v) is 8.03. The van der Waals surface area contributed by atoms with Crippen molar-refractivity contribution in [3.8, 4) is 11.5 Å². The van der Waals surface area contributed by atoms with Gasteiger partial charge in [0.2, 0.25) is 5.91 Å². The normalized spacial score (nSPS) is 10.7. The fraction of sp³-hybridized carbons (Fsp3) is 0.0476. The molecular weight excluding hydrogens is 331 g/mol. The fourth-order valence-corrected chi connectivity index (χ4v) is 2.34. The second-order valence-corrected chi connectivity index (χ2v) is 5.65. The molecule has 130 valence electrons. The fourth-order valence-electron chi connectivity index (χ4n) is 2.34. The minimum atomic E-state index is -0.340. The maximum atomic E-state index is 13.1. The summed E-state index contributed by atoms with van der Waals surface area (Å²) in [7, 11) is 0. The molecule has 0 spiro atoms. The number of amides is 1. The van der Waals surface area contributed by atoms with Crippen molar-refractivity contribution in [2.45, 2.75) is 6.92 Å². The number of pyridine rings is 1. The third-order valence-electron chi connectivity index (χ3n) is 3.58. The molecule has 0 aliphatic rings. The molecule has 0 bridgehead atoms. The second kappa shape index (κ2) is 8.07. The number of rotatable bonds is 5. The molecule has 0 aliphatic carbocycles. The summed E-state index contributed by atoms with van der Waals surface area (Å²) in [6, 6.07) is 15.0. The average Bonchev–Trinajstić information content (AvgIpc) is 2.63. The highest BCUT2D eigenvalue weighted by atomic mass is 19.1. The van der Waals surface area contributed by atoms with Gasteiger partial charge in [-0.25, -0.2) is 4.39 Å². The average molecular weight is 348 g/mol. The van der Waals surface area contributed by atoms with Crippen molar-refractivity contribution in [1.82, 2.24) is 4.98 Å². The summed E-state index contributed by atoms with van der Waals surface area (Å²) in [5.74, 6) is 0.693. The molecule has 1 amide bonds. The molecule has 0 radical (unpaired) electrons. The van der Waals surface area contributed by atoms with E-state index in [0.29, 0.717) is 22.7 Å². The molecule has 0 fully saturated rings. The first-order chi connectivity index (χ1) is 12.6. The van der Waals surface area contributed by atoms with Gasteiger partial charge in [0, 0.05) is 18.0 Å². The van der Waals surface area contributed by atoms with E-state index in [1.165, 1.54) is 18.2 Å². The monoisotopic (exact) mass is 348 g/mol. The lowest BCUT2D eigenvalue weighted by Gasteiger charge is -2.10. The van der Waals surface area contributed by atoms with Crippen molar-refractivity contribution in [2.75, 3.05) is 5.32 Å². The molecule has 3 aromatic rings. The van der Waals surface area contributed by atoms with Crippen molar-refractivity contribution in [2.24, 2.45) is 0 Å². The van der Waals surface area contributed by atoms with Gasteiger partial charge in [-0.15, -0.1) is 0 Å². The summed E-state index contributed by atoms with van der Waals surface area (Å²) in [4.78, 5) is 16.0. The van der Waals surface area contributed by atoms with Crippen LogP contribution >= 0.6 is 0 Å². The van der Waals surface area contributed by atoms with E-state index in [4.69, 9.17) is 4.74 Å². The maximum Gasteiger partial charge on any atom is 0.248 e. The van der Waals surface area contributed by atoms with E-state index in [2.05, 4.69) is 10.3 Å². The minimum Gasteiger partial charge on any atom is -0.455 e. The third kappa shape index (κ3) is 4.77. The van der Waals surface area contributed by atoms with Gasteiger partial charge in [-0.1, -0.05) is 12.1 Å². The molecule has 0 unspecified atom stereocenters. The highest BCUT2D eigenvalue weighted by molar-refractivity contribution is 6.02. The van der Waals surface area contributed by atoms with Crippen molar-refractivity contribution >= 4 is 17.7 Å². The second-order valence-electron chi connectivity index (χ2n) is 5.65. The highest BCUT2D eigenvalue weighted by Gasteiger charge is 2.05. The van der Waals surface area contributed by atoms with E-state index in [-0.39, 0.29) is 11.7 Å². The van der Waals surface area contributed by atoms with Crippen LogP contribution in [-0.4, -0.2) is 10.9 Å². The minimum absolute atomic E-state index is 0.297. The predicted octanol–water partition coefficient (Wildman–Crippen LogP) is 4.97. The van der Waals surface area contributed by atoms with E-state index in [9.17, 15) is 9.18 Å². The number of nitrogens with one attached hydrogen (secondary N) is 1. The van der Waals surface area contributed by atoms with Gasteiger partial charge in [0.15, 0.2) is 0 Å². The molecule has 0 aliphatic heterocycles. The van der Waals surface area contributed by atoms with E-state index in [0.717, 1.165) is 5.56 Å². The van der Waals surface area contributed by atoms with Gasteiger partial charge in [-0.05, 0) is 66.6 Å². The molecule has 0 saturated heterocycles. The standard InChI is InChI=1S/C21H17FN2O2/c1-15-12-18(8-9-20(15)26-19-6-3-11-23-14-19)24-21(25)10-7-16-4-2-5-17(22)13-16/h2-14H,1H3,(H,24,25)/b10-7+. The van der Waals surface area contributed by atoms with Crippen LogP contribution in [0.15, 0.2) is 73.1 Å². The Morgan fingerprint density at radius 1 is 1.15 bits per heavy atom. The van der Waals surface area contributed by atoms with E-state index >= 15 is 0 Å². The van der Waals surface area contributed by atoms with E-state index < -0.39 is 0 Å². The Bertz CT molecular complexity index is 940. The molecule has 2 aromatic carbocycles. The third-order valence-corrected chi connectivity index (χ3v) is 3.58. The number of aryl methyl sites for hydroxylation is 1. The van der Waals surface area contributed by atoms with Crippen LogP contribution in [0.2, 0.25) is 0 Å². The van der Waals surface area contributed by atoms with Gasteiger partial charge in [0.1, 0.15) is 17.3 Å². The molecule has 1 aromatic heterocycles. The lowest BCUT2D eigenvalue weighted by molar-refractivity contribution is -0.111. The molecule has 3 rings (SSSR count). The SMILES string of the molecule is Cc1cc(NC(=O)/C=C/c2cccc(F)c2)ccc1Oc1cccnc1. The number of ether oxygens (including phenoxy) is 1. The summed E-state index contributed by atoms with van der Waals surface area (Å²) < 4.78 is 18.9. The maximum absolute atomic E-state index is 13.1. The van der Waals surface area contributed by atoms with Gasteiger partial charge >= 0.3 is 0 Å². The summed E-state index contributed by atoms with van der Waals surface area (Å²) in [5.41, 5.74) is 2.15. The molecule has 0 atom stereocenters. The summed E-state index contributed by atoms with van der Waals surface area (Å²) in [5, 5.41) is 2.77. The van der Waals surface area contributed by atoms with Crippen LogP contribution < -0.4 is 10.1 Å². The topological polar surface area (TPSA) is 51.2 Å². The molecule has 1 heterocycles. The number of benzene rings is 2. The zero-order valence-corrected chi connectivity index (χ0v) is 14.1. The Morgan fingerprint density at radius 3 is 2.77 bits per heavy atom. The van der Waals surface area contributed by atoms with Gasteiger partial charge < -0.3 is 10.1 Å². The Labute approximate surface area is 151 Å². The van der Waals surface area contributed by atoms with Gasteiger partial charge in [0.05, 0.1) is 6.20 Å². The van der Waals surface area contributed by atoms with Gasteiger partial charge in [-0.2, -0.15) is 0 Å². The van der Waals surface area contributed by atoms with Crippen LogP contribution in [0.25, 0.3) is 6.08 Å². The smallest absolute Gasteiger partial charge is 0.248 e. The summed E-state index contributed by atoms with van der Waals surface area (Å²) in [6.07, 6.45) is 6.23. The number of carbonyl (C=O) groups excluding carboxylic acids is 1. The van der Waals surface area contributed by atoms with Crippen molar-refractivity contribution < 1.29 is 13.9 Å². The largest absolute Gasteiger partial charge is 0.455 e. The van der Waals surface area contributed by atoms with Crippen LogP contribution in [0.3, 0.4) is 0 Å². The summed E-state index contributed by atoms with van der Waals surface area (Å²) in [6.45, 7) is 1.89. The lowest BCUT2D eigenvalue weighted by atomic mass is 10.2. The zero-order chi connectivity index (χ0) is 18.4. The number of carbonyl (C=O) groups is 1. The quantitative estimate of drug-likeness (QED) is 0.662. The predicted molar refractivity (Wildman–Crippen MR) is 99.6 cm³/mol. The molecule has 4 nitrogen and oxygen atoms in total. The Morgan fingerprint density at radius 2 is 2.04 bits per heavy atom. The molecule has 1 N–H and O–H groups in total. The zero-order valence-electron chi connectivity index (χ0n) is 14.1.